The molecule has 0 bridgehead atoms. The Kier molecular flexibility index (Phi) is 6.49. The van der Waals surface area contributed by atoms with E-state index in [-0.39, 0.29) is 19.0 Å². The highest BCUT2D eigenvalue weighted by Gasteiger charge is 2.15. The summed E-state index contributed by atoms with van der Waals surface area (Å²) in [5.41, 5.74) is 1.64. The van der Waals surface area contributed by atoms with Gasteiger partial charge >= 0.3 is 5.97 Å². The molecule has 0 aromatic heterocycles. The van der Waals surface area contributed by atoms with Crippen LogP contribution in [0.3, 0.4) is 0 Å². The summed E-state index contributed by atoms with van der Waals surface area (Å²) in [4.78, 5) is 12.1. The Labute approximate surface area is 149 Å². The highest BCUT2D eigenvalue weighted by atomic mass is 79.9. The molecule has 0 radical (unpaired) electrons. The molecule has 0 heterocycles. The lowest BCUT2D eigenvalue weighted by Gasteiger charge is -2.14. The summed E-state index contributed by atoms with van der Waals surface area (Å²) in [5.74, 6) is 1.17. The molecule has 0 aliphatic carbocycles. The normalized spacial score (nSPS) is 10.2. The second kappa shape index (κ2) is 8.59. The van der Waals surface area contributed by atoms with Crippen molar-refractivity contribution in [1.29, 1.82) is 0 Å². The number of carbonyl (C=O) groups is 1. The summed E-state index contributed by atoms with van der Waals surface area (Å²) in [5, 5.41) is 0. The lowest BCUT2D eigenvalue weighted by molar-refractivity contribution is -0.144. The number of hydrogen-bond donors (Lipinski definition) is 0. The van der Waals surface area contributed by atoms with Crippen molar-refractivity contribution in [2.75, 3.05) is 21.3 Å². The van der Waals surface area contributed by atoms with E-state index in [0.29, 0.717) is 17.2 Å². The summed E-state index contributed by atoms with van der Waals surface area (Å²) in [7, 11) is 4.60. The van der Waals surface area contributed by atoms with Crippen LogP contribution >= 0.6 is 15.9 Å². The molecule has 128 valence electrons. The molecule has 5 nitrogen and oxygen atoms in total. The van der Waals surface area contributed by atoms with E-state index in [1.54, 1.807) is 12.1 Å². The Morgan fingerprint density at radius 1 is 0.958 bits per heavy atom. The zero-order valence-corrected chi connectivity index (χ0v) is 15.4. The Morgan fingerprint density at radius 2 is 1.62 bits per heavy atom. The van der Waals surface area contributed by atoms with Crippen LogP contribution in [0.25, 0.3) is 0 Å². The maximum absolute atomic E-state index is 12.1. The smallest absolute Gasteiger partial charge is 0.310 e. The van der Waals surface area contributed by atoms with Gasteiger partial charge in [-0.25, -0.2) is 0 Å². The molecular weight excluding hydrogens is 376 g/mol. The minimum atomic E-state index is -0.329. The molecule has 2 aromatic rings. The Hall–Kier alpha value is -2.21. The van der Waals surface area contributed by atoms with Gasteiger partial charge in [-0.05, 0) is 35.4 Å². The first kappa shape index (κ1) is 18.1. The number of ether oxygens (including phenoxy) is 4. The van der Waals surface area contributed by atoms with Crippen molar-refractivity contribution >= 4 is 21.9 Å². The number of halogens is 1. The van der Waals surface area contributed by atoms with Crippen LogP contribution in [0.1, 0.15) is 11.1 Å². The number of hydrogen-bond acceptors (Lipinski definition) is 5. The minimum Gasteiger partial charge on any atom is -0.493 e. The predicted octanol–water partition coefficient (Wildman–Crippen LogP) is 3.76. The van der Waals surface area contributed by atoms with Gasteiger partial charge in [0.05, 0.1) is 27.8 Å². The standard InChI is InChI=1S/C18H19BrO5/c1-21-15-8-13(9-16(22-2)18(15)23-3)10-17(20)24-11-12-5-4-6-14(19)7-12/h4-9H,10-11H2,1-3H3. The molecular formula is C18H19BrO5. The van der Waals surface area contributed by atoms with E-state index in [1.807, 2.05) is 24.3 Å². The molecule has 6 heteroatoms. The second-order valence-corrected chi connectivity index (χ2v) is 5.92. The monoisotopic (exact) mass is 394 g/mol. The predicted molar refractivity (Wildman–Crippen MR) is 93.7 cm³/mol. The molecule has 0 unspecified atom stereocenters. The van der Waals surface area contributed by atoms with E-state index in [4.69, 9.17) is 18.9 Å². The van der Waals surface area contributed by atoms with E-state index in [9.17, 15) is 4.79 Å². The number of carbonyl (C=O) groups excluding carboxylic acids is 1. The van der Waals surface area contributed by atoms with Crippen LogP contribution in [0.15, 0.2) is 40.9 Å². The molecule has 2 rings (SSSR count). The summed E-state index contributed by atoms with van der Waals surface area (Å²) in [6, 6.07) is 11.1. The van der Waals surface area contributed by atoms with Crippen LogP contribution < -0.4 is 14.2 Å². The Balaban J connectivity index is 2.05. The van der Waals surface area contributed by atoms with Crippen LogP contribution in [0.5, 0.6) is 17.2 Å². The third-order valence-corrected chi connectivity index (χ3v) is 3.86. The highest BCUT2D eigenvalue weighted by molar-refractivity contribution is 9.10. The Morgan fingerprint density at radius 3 is 2.17 bits per heavy atom. The fourth-order valence-electron chi connectivity index (χ4n) is 2.25. The number of benzene rings is 2. The Bertz CT molecular complexity index is 689. The molecule has 2 aromatic carbocycles. The molecule has 0 aliphatic heterocycles. The molecule has 0 fully saturated rings. The zero-order valence-electron chi connectivity index (χ0n) is 13.8. The van der Waals surface area contributed by atoms with Crippen LogP contribution in [-0.4, -0.2) is 27.3 Å². The third kappa shape index (κ3) is 4.64. The van der Waals surface area contributed by atoms with Crippen molar-refractivity contribution in [3.8, 4) is 17.2 Å². The molecule has 24 heavy (non-hydrogen) atoms. The zero-order chi connectivity index (χ0) is 17.5. The first-order valence-corrected chi connectivity index (χ1v) is 8.05. The molecule has 0 spiro atoms. The van der Waals surface area contributed by atoms with Gasteiger partial charge in [-0.3, -0.25) is 4.79 Å². The van der Waals surface area contributed by atoms with Gasteiger partial charge in [0.2, 0.25) is 5.75 Å². The summed E-state index contributed by atoms with van der Waals surface area (Å²) >= 11 is 3.39. The van der Waals surface area contributed by atoms with Gasteiger partial charge in [-0.2, -0.15) is 0 Å². The average molecular weight is 395 g/mol. The van der Waals surface area contributed by atoms with Crippen LogP contribution in [0.2, 0.25) is 0 Å². The van der Waals surface area contributed by atoms with Gasteiger partial charge < -0.3 is 18.9 Å². The summed E-state index contributed by atoms with van der Waals surface area (Å²) in [6.07, 6.45) is 0.116. The van der Waals surface area contributed by atoms with Gasteiger partial charge in [0.1, 0.15) is 6.61 Å². The molecule has 0 N–H and O–H groups in total. The average Bonchev–Trinajstić information content (AvgIpc) is 2.59. The highest BCUT2D eigenvalue weighted by Crippen LogP contribution is 2.38. The lowest BCUT2D eigenvalue weighted by Crippen LogP contribution is -2.08. The first-order chi connectivity index (χ1) is 11.6. The van der Waals surface area contributed by atoms with Crippen molar-refractivity contribution in [3.63, 3.8) is 0 Å². The van der Waals surface area contributed by atoms with Gasteiger partial charge in [0.15, 0.2) is 11.5 Å². The SMILES string of the molecule is COc1cc(CC(=O)OCc2cccc(Br)c2)cc(OC)c1OC. The van der Waals surface area contributed by atoms with Crippen molar-refractivity contribution in [2.45, 2.75) is 13.0 Å². The maximum atomic E-state index is 12.1. The summed E-state index contributed by atoms with van der Waals surface area (Å²) in [6.45, 7) is 0.225. The third-order valence-electron chi connectivity index (χ3n) is 3.36. The molecule has 0 amide bonds. The second-order valence-electron chi connectivity index (χ2n) is 5.00. The molecule has 0 atom stereocenters. The minimum absolute atomic E-state index is 0.116. The van der Waals surface area contributed by atoms with E-state index < -0.39 is 0 Å². The van der Waals surface area contributed by atoms with Crippen molar-refractivity contribution < 1.29 is 23.7 Å². The quantitative estimate of drug-likeness (QED) is 0.669. The van der Waals surface area contributed by atoms with Gasteiger partial charge in [0, 0.05) is 4.47 Å². The van der Waals surface area contributed by atoms with E-state index in [1.165, 1.54) is 21.3 Å². The number of esters is 1. The maximum Gasteiger partial charge on any atom is 0.310 e. The summed E-state index contributed by atoms with van der Waals surface area (Å²) < 4.78 is 22.1. The topological polar surface area (TPSA) is 54.0 Å². The van der Waals surface area contributed by atoms with Gasteiger partial charge in [-0.15, -0.1) is 0 Å². The molecule has 0 aliphatic rings. The molecule has 0 saturated carbocycles. The lowest BCUT2D eigenvalue weighted by atomic mass is 10.1. The van der Waals surface area contributed by atoms with E-state index >= 15 is 0 Å². The number of rotatable bonds is 7. The van der Waals surface area contributed by atoms with Crippen molar-refractivity contribution in [3.05, 3.63) is 52.0 Å². The van der Waals surface area contributed by atoms with Crippen molar-refractivity contribution in [2.24, 2.45) is 0 Å². The van der Waals surface area contributed by atoms with Crippen molar-refractivity contribution in [1.82, 2.24) is 0 Å². The van der Waals surface area contributed by atoms with Gasteiger partial charge in [-0.1, -0.05) is 28.1 Å². The molecule has 0 saturated heterocycles. The number of methoxy groups -OCH3 is 3. The first-order valence-electron chi connectivity index (χ1n) is 7.26. The van der Waals surface area contributed by atoms with Crippen LogP contribution in [0.4, 0.5) is 0 Å². The largest absolute Gasteiger partial charge is 0.493 e. The van der Waals surface area contributed by atoms with Crippen LogP contribution in [-0.2, 0) is 22.6 Å². The fraction of sp³-hybridized carbons (Fsp3) is 0.278. The van der Waals surface area contributed by atoms with Crippen LogP contribution in [0, 0.1) is 0 Å². The van der Waals surface area contributed by atoms with E-state index in [2.05, 4.69) is 15.9 Å². The van der Waals surface area contributed by atoms with E-state index in [0.717, 1.165) is 15.6 Å². The van der Waals surface area contributed by atoms with Gasteiger partial charge in [0.25, 0.3) is 0 Å². The fourth-order valence-corrected chi connectivity index (χ4v) is 2.69.